The molecule has 0 bridgehead atoms. The van der Waals surface area contributed by atoms with Gasteiger partial charge in [-0.15, -0.1) is 0 Å². The number of ether oxygens (including phenoxy) is 3. The first-order chi connectivity index (χ1) is 17.9. The van der Waals surface area contributed by atoms with E-state index in [1.54, 1.807) is 45.6 Å². The van der Waals surface area contributed by atoms with Gasteiger partial charge in [-0.05, 0) is 30.8 Å². The number of aromatic nitrogens is 1. The Kier molecular flexibility index (Phi) is 8.16. The van der Waals surface area contributed by atoms with Crippen LogP contribution in [0, 0.1) is 17.1 Å². The number of benzene rings is 2. The van der Waals surface area contributed by atoms with Crippen LogP contribution in [0.5, 0.6) is 17.2 Å². The number of hydrogen-bond acceptors (Lipinski definition) is 8. The third-order valence-electron chi connectivity index (χ3n) is 6.08. The van der Waals surface area contributed by atoms with Crippen LogP contribution in [-0.4, -0.2) is 56.5 Å². The Morgan fingerprint density at radius 3 is 2.54 bits per heavy atom. The van der Waals surface area contributed by atoms with E-state index in [0.29, 0.717) is 51.9 Å². The van der Waals surface area contributed by atoms with Crippen molar-refractivity contribution < 1.29 is 23.4 Å². The molecule has 1 N–H and O–H groups in total. The van der Waals surface area contributed by atoms with Gasteiger partial charge in [0.2, 0.25) is 5.91 Å². The lowest BCUT2D eigenvalue weighted by atomic mass is 9.91. The van der Waals surface area contributed by atoms with Gasteiger partial charge in [-0.25, -0.2) is 9.37 Å². The molecule has 4 rings (SSSR count). The number of likely N-dealkylation sites (N-methyl/N-ethyl adjacent to an activating group) is 1. The van der Waals surface area contributed by atoms with Crippen LogP contribution in [0.4, 0.5) is 10.1 Å². The summed E-state index contributed by atoms with van der Waals surface area (Å²) in [5.41, 5.74) is 3.59. The van der Waals surface area contributed by atoms with Crippen molar-refractivity contribution in [3.05, 3.63) is 59.0 Å². The zero-order chi connectivity index (χ0) is 26.5. The monoisotopic (exact) mass is 522 g/mol. The largest absolute Gasteiger partial charge is 0.496 e. The number of nitriles is 1. The number of methoxy groups -OCH3 is 3. The fraction of sp³-hybridized carbons (Fsp3) is 0.296. The standard InChI is InChI=1S/C27H27FN4O4S/c1-32-10-9-20-18(14-32)26(16-11-23(35-3)24(36-4)12-22(16)34-2)17(13-29)27(31-20)37-15-25(33)30-21-8-6-5-7-19(21)28/h5-8,11-12H,9-10,14-15H2,1-4H3,(H,30,33). The maximum atomic E-state index is 14.0. The minimum absolute atomic E-state index is 0.0444. The predicted molar refractivity (Wildman–Crippen MR) is 140 cm³/mol. The summed E-state index contributed by atoms with van der Waals surface area (Å²) in [4.78, 5) is 19.6. The molecular weight excluding hydrogens is 495 g/mol. The van der Waals surface area contributed by atoms with Crippen LogP contribution in [0.15, 0.2) is 41.4 Å². The van der Waals surface area contributed by atoms with Gasteiger partial charge in [0.25, 0.3) is 0 Å². The number of nitrogens with zero attached hydrogens (tertiary/aromatic N) is 3. The van der Waals surface area contributed by atoms with Crippen LogP contribution in [-0.2, 0) is 17.8 Å². The molecule has 0 unspecified atom stereocenters. The van der Waals surface area contributed by atoms with Crippen molar-refractivity contribution in [2.75, 3.05) is 46.0 Å². The highest BCUT2D eigenvalue weighted by Gasteiger charge is 2.28. The first-order valence-corrected chi connectivity index (χ1v) is 12.5. The van der Waals surface area contributed by atoms with E-state index >= 15 is 0 Å². The fourth-order valence-corrected chi connectivity index (χ4v) is 5.09. The number of nitrogens with one attached hydrogen (secondary N) is 1. The smallest absolute Gasteiger partial charge is 0.234 e. The van der Waals surface area contributed by atoms with Crippen molar-refractivity contribution in [1.29, 1.82) is 5.26 Å². The lowest BCUT2D eigenvalue weighted by Crippen LogP contribution is -2.28. The molecular formula is C27H27FN4O4S. The zero-order valence-corrected chi connectivity index (χ0v) is 21.9. The number of carbonyl (C=O) groups is 1. The van der Waals surface area contributed by atoms with E-state index in [0.717, 1.165) is 29.6 Å². The average Bonchev–Trinajstić information content (AvgIpc) is 2.91. The summed E-state index contributed by atoms with van der Waals surface area (Å²) in [5.74, 6) is 0.554. The summed E-state index contributed by atoms with van der Waals surface area (Å²) < 4.78 is 30.6. The number of hydrogen-bond donors (Lipinski definition) is 1. The van der Waals surface area contributed by atoms with Gasteiger partial charge in [0, 0.05) is 42.4 Å². The first-order valence-electron chi connectivity index (χ1n) is 11.5. The third-order valence-corrected chi connectivity index (χ3v) is 7.06. The molecule has 1 aliphatic rings. The third kappa shape index (κ3) is 5.48. The second kappa shape index (κ2) is 11.5. The molecule has 0 radical (unpaired) electrons. The lowest BCUT2D eigenvalue weighted by Gasteiger charge is -2.28. The van der Waals surface area contributed by atoms with Crippen molar-refractivity contribution in [2.45, 2.75) is 18.0 Å². The van der Waals surface area contributed by atoms with E-state index in [1.807, 2.05) is 7.05 Å². The number of thioether (sulfide) groups is 1. The fourth-order valence-electron chi connectivity index (χ4n) is 4.28. The van der Waals surface area contributed by atoms with Crippen molar-refractivity contribution in [1.82, 2.24) is 9.88 Å². The summed E-state index contributed by atoms with van der Waals surface area (Å²) in [6.07, 6.45) is 0.690. The lowest BCUT2D eigenvalue weighted by molar-refractivity contribution is -0.113. The molecule has 0 saturated heterocycles. The van der Waals surface area contributed by atoms with Gasteiger partial charge in [0.05, 0.1) is 38.3 Å². The van der Waals surface area contributed by atoms with E-state index in [-0.39, 0.29) is 11.4 Å². The van der Waals surface area contributed by atoms with E-state index in [9.17, 15) is 14.4 Å². The van der Waals surface area contributed by atoms with Crippen molar-refractivity contribution in [2.24, 2.45) is 0 Å². The number of anilines is 1. The summed E-state index contributed by atoms with van der Waals surface area (Å²) in [6.45, 7) is 1.41. The van der Waals surface area contributed by atoms with Crippen molar-refractivity contribution >= 4 is 23.4 Å². The minimum Gasteiger partial charge on any atom is -0.496 e. The van der Waals surface area contributed by atoms with Crippen molar-refractivity contribution in [3.63, 3.8) is 0 Å². The summed E-state index contributed by atoms with van der Waals surface area (Å²) >= 11 is 1.14. The molecule has 192 valence electrons. The Bertz CT molecular complexity index is 1380. The molecule has 1 aliphatic heterocycles. The van der Waals surface area contributed by atoms with Gasteiger partial charge in [-0.3, -0.25) is 4.79 Å². The zero-order valence-electron chi connectivity index (χ0n) is 21.1. The van der Waals surface area contributed by atoms with Crippen LogP contribution >= 0.6 is 11.8 Å². The Labute approximate surface area is 219 Å². The number of halogens is 1. The quantitative estimate of drug-likeness (QED) is 0.432. The molecule has 3 aromatic rings. The van der Waals surface area contributed by atoms with Gasteiger partial charge in [0.15, 0.2) is 11.5 Å². The van der Waals surface area contributed by atoms with Gasteiger partial charge in [0.1, 0.15) is 22.7 Å². The van der Waals surface area contributed by atoms with Gasteiger partial charge in [-0.1, -0.05) is 23.9 Å². The number of carbonyl (C=O) groups excluding carboxylic acids is 1. The molecule has 0 aliphatic carbocycles. The SMILES string of the molecule is COc1cc(OC)c(-c2c(C#N)c(SCC(=O)Nc3ccccc3F)nc3c2CN(C)CC3)cc1OC. The van der Waals surface area contributed by atoms with Crippen LogP contribution < -0.4 is 19.5 Å². The highest BCUT2D eigenvalue weighted by atomic mass is 32.2. The van der Waals surface area contributed by atoms with E-state index in [1.165, 1.54) is 12.1 Å². The molecule has 0 fully saturated rings. The average molecular weight is 523 g/mol. The van der Waals surface area contributed by atoms with Crippen LogP contribution in [0.2, 0.25) is 0 Å². The van der Waals surface area contributed by atoms with Crippen LogP contribution in [0.25, 0.3) is 11.1 Å². The Hall–Kier alpha value is -3.81. The highest BCUT2D eigenvalue weighted by Crippen LogP contribution is 2.45. The second-order valence-electron chi connectivity index (χ2n) is 8.42. The number of para-hydroxylation sites is 1. The molecule has 2 aromatic carbocycles. The molecule has 10 heteroatoms. The Morgan fingerprint density at radius 2 is 1.86 bits per heavy atom. The molecule has 37 heavy (non-hydrogen) atoms. The normalized spacial score (nSPS) is 12.9. The Morgan fingerprint density at radius 1 is 1.16 bits per heavy atom. The molecule has 0 saturated carbocycles. The topological polar surface area (TPSA) is 96.7 Å². The van der Waals surface area contributed by atoms with Gasteiger partial charge >= 0.3 is 0 Å². The molecule has 1 aromatic heterocycles. The number of rotatable bonds is 8. The van der Waals surface area contributed by atoms with Crippen LogP contribution in [0.1, 0.15) is 16.8 Å². The van der Waals surface area contributed by atoms with E-state index in [4.69, 9.17) is 19.2 Å². The molecule has 8 nitrogen and oxygen atoms in total. The minimum atomic E-state index is -0.516. The van der Waals surface area contributed by atoms with Crippen molar-refractivity contribution in [3.8, 4) is 34.4 Å². The summed E-state index contributed by atoms with van der Waals surface area (Å²) in [5, 5.41) is 13.3. The summed E-state index contributed by atoms with van der Waals surface area (Å²) in [7, 11) is 6.66. The molecule has 1 amide bonds. The number of pyridine rings is 1. The summed E-state index contributed by atoms with van der Waals surface area (Å²) in [6, 6.07) is 11.8. The van der Waals surface area contributed by atoms with Gasteiger partial charge < -0.3 is 24.4 Å². The number of amides is 1. The Balaban J connectivity index is 1.79. The maximum Gasteiger partial charge on any atom is 0.234 e. The van der Waals surface area contributed by atoms with Gasteiger partial charge in [-0.2, -0.15) is 5.26 Å². The first kappa shape index (κ1) is 26.3. The number of fused-ring (bicyclic) bond motifs is 1. The van der Waals surface area contributed by atoms with E-state index < -0.39 is 11.7 Å². The molecule has 0 atom stereocenters. The van der Waals surface area contributed by atoms with Crippen LogP contribution in [0.3, 0.4) is 0 Å². The highest BCUT2D eigenvalue weighted by molar-refractivity contribution is 8.00. The van der Waals surface area contributed by atoms with E-state index in [2.05, 4.69) is 16.3 Å². The predicted octanol–water partition coefficient (Wildman–Crippen LogP) is 4.50. The second-order valence-corrected chi connectivity index (χ2v) is 9.38. The molecule has 2 heterocycles. The maximum absolute atomic E-state index is 14.0. The molecule has 0 spiro atoms.